The topological polar surface area (TPSA) is 35.5 Å². The highest BCUT2D eigenvalue weighted by Crippen LogP contribution is 2.29. The van der Waals surface area contributed by atoms with Gasteiger partial charge in [0, 0.05) is 25.7 Å². The highest BCUT2D eigenvalue weighted by atomic mass is 16.3. The van der Waals surface area contributed by atoms with E-state index < -0.39 is 0 Å². The SMILES string of the molecule is CN(CC1(O)CCCCC1)C1CNC1. The quantitative estimate of drug-likeness (QED) is 0.696. The van der Waals surface area contributed by atoms with Gasteiger partial charge in [0.25, 0.3) is 0 Å². The Morgan fingerprint density at radius 3 is 2.43 bits per heavy atom. The van der Waals surface area contributed by atoms with Gasteiger partial charge in [-0.15, -0.1) is 0 Å². The summed E-state index contributed by atoms with van der Waals surface area (Å²) in [7, 11) is 2.14. The van der Waals surface area contributed by atoms with Crippen LogP contribution in [0.3, 0.4) is 0 Å². The van der Waals surface area contributed by atoms with Crippen LogP contribution in [0.4, 0.5) is 0 Å². The van der Waals surface area contributed by atoms with Crippen LogP contribution in [0.2, 0.25) is 0 Å². The van der Waals surface area contributed by atoms with Crippen LogP contribution in [0.25, 0.3) is 0 Å². The Balaban J connectivity index is 1.81. The summed E-state index contributed by atoms with van der Waals surface area (Å²) in [5, 5.41) is 13.6. The maximum Gasteiger partial charge on any atom is 0.0774 e. The van der Waals surface area contributed by atoms with Crippen LogP contribution in [0.15, 0.2) is 0 Å². The maximum absolute atomic E-state index is 10.3. The monoisotopic (exact) mass is 198 g/mol. The summed E-state index contributed by atoms with van der Waals surface area (Å²) in [5.41, 5.74) is -0.386. The van der Waals surface area contributed by atoms with E-state index >= 15 is 0 Å². The van der Waals surface area contributed by atoms with Gasteiger partial charge < -0.3 is 10.4 Å². The van der Waals surface area contributed by atoms with Crippen LogP contribution in [0.5, 0.6) is 0 Å². The molecule has 2 fully saturated rings. The second-order valence-electron chi connectivity index (χ2n) is 5.01. The van der Waals surface area contributed by atoms with Gasteiger partial charge in [0.2, 0.25) is 0 Å². The van der Waals surface area contributed by atoms with Crippen molar-refractivity contribution in [3.63, 3.8) is 0 Å². The van der Waals surface area contributed by atoms with Gasteiger partial charge in [-0.3, -0.25) is 4.90 Å². The average molecular weight is 198 g/mol. The third-order valence-electron chi connectivity index (χ3n) is 3.71. The first-order valence-electron chi connectivity index (χ1n) is 5.83. The Bertz CT molecular complexity index is 186. The number of nitrogens with one attached hydrogen (secondary N) is 1. The molecule has 0 atom stereocenters. The van der Waals surface area contributed by atoms with Crippen LogP contribution >= 0.6 is 0 Å². The number of hydrogen-bond acceptors (Lipinski definition) is 3. The lowest BCUT2D eigenvalue weighted by Gasteiger charge is -2.41. The van der Waals surface area contributed by atoms with Gasteiger partial charge in [-0.1, -0.05) is 19.3 Å². The number of hydrogen-bond donors (Lipinski definition) is 2. The molecule has 1 aliphatic carbocycles. The lowest BCUT2D eigenvalue weighted by atomic mass is 9.84. The molecule has 2 aliphatic rings. The molecule has 0 aromatic rings. The molecule has 1 heterocycles. The number of aliphatic hydroxyl groups is 1. The third-order valence-corrected chi connectivity index (χ3v) is 3.71. The fourth-order valence-corrected chi connectivity index (χ4v) is 2.55. The van der Waals surface area contributed by atoms with E-state index in [2.05, 4.69) is 17.3 Å². The fourth-order valence-electron chi connectivity index (χ4n) is 2.55. The minimum absolute atomic E-state index is 0.386. The molecular weight excluding hydrogens is 176 g/mol. The predicted molar refractivity (Wildman–Crippen MR) is 57.3 cm³/mol. The van der Waals surface area contributed by atoms with Gasteiger partial charge in [-0.05, 0) is 19.9 Å². The number of rotatable bonds is 3. The van der Waals surface area contributed by atoms with Crippen molar-refractivity contribution < 1.29 is 5.11 Å². The molecule has 0 aromatic carbocycles. The Morgan fingerprint density at radius 1 is 1.29 bits per heavy atom. The molecule has 0 aromatic heterocycles. The van der Waals surface area contributed by atoms with Crippen molar-refractivity contribution in [3.8, 4) is 0 Å². The molecule has 0 amide bonds. The largest absolute Gasteiger partial charge is 0.389 e. The highest BCUT2D eigenvalue weighted by molar-refractivity contribution is 4.90. The molecule has 3 heteroatoms. The van der Waals surface area contributed by atoms with E-state index in [1.54, 1.807) is 0 Å². The molecule has 1 saturated heterocycles. The van der Waals surface area contributed by atoms with E-state index in [4.69, 9.17) is 0 Å². The van der Waals surface area contributed by atoms with Crippen molar-refractivity contribution >= 4 is 0 Å². The molecule has 1 aliphatic heterocycles. The molecule has 2 N–H and O–H groups in total. The summed E-state index contributed by atoms with van der Waals surface area (Å²) in [6, 6.07) is 0.654. The zero-order valence-corrected chi connectivity index (χ0v) is 9.13. The Hall–Kier alpha value is -0.120. The van der Waals surface area contributed by atoms with E-state index in [1.807, 2.05) is 0 Å². The van der Waals surface area contributed by atoms with Gasteiger partial charge in [0.15, 0.2) is 0 Å². The fraction of sp³-hybridized carbons (Fsp3) is 1.00. The van der Waals surface area contributed by atoms with Crippen molar-refractivity contribution in [2.45, 2.75) is 43.7 Å². The number of likely N-dealkylation sites (N-methyl/N-ethyl adjacent to an activating group) is 1. The molecule has 0 unspecified atom stereocenters. The van der Waals surface area contributed by atoms with Gasteiger partial charge in [-0.25, -0.2) is 0 Å². The van der Waals surface area contributed by atoms with Crippen molar-refractivity contribution in [2.75, 3.05) is 26.7 Å². The first-order valence-corrected chi connectivity index (χ1v) is 5.83. The standard InChI is InChI=1S/C11H22N2O/c1-13(10-7-12-8-10)9-11(14)5-3-2-4-6-11/h10,12,14H,2-9H2,1H3. The van der Waals surface area contributed by atoms with Crippen molar-refractivity contribution in [1.29, 1.82) is 0 Å². The zero-order chi connectivity index (χ0) is 10.0. The Morgan fingerprint density at radius 2 is 1.93 bits per heavy atom. The van der Waals surface area contributed by atoms with Crippen molar-refractivity contribution in [3.05, 3.63) is 0 Å². The molecule has 82 valence electrons. The maximum atomic E-state index is 10.3. The Labute approximate surface area is 86.5 Å². The summed E-state index contributed by atoms with van der Waals surface area (Å²) in [4.78, 5) is 2.32. The Kier molecular flexibility index (Phi) is 3.10. The molecule has 0 radical (unpaired) electrons. The minimum atomic E-state index is -0.386. The van der Waals surface area contributed by atoms with Crippen LogP contribution in [-0.2, 0) is 0 Å². The minimum Gasteiger partial charge on any atom is -0.389 e. The van der Waals surface area contributed by atoms with E-state index in [1.165, 1.54) is 19.3 Å². The lowest BCUT2D eigenvalue weighted by Crippen LogP contribution is -2.59. The van der Waals surface area contributed by atoms with Crippen LogP contribution in [-0.4, -0.2) is 48.3 Å². The van der Waals surface area contributed by atoms with Crippen LogP contribution in [0.1, 0.15) is 32.1 Å². The van der Waals surface area contributed by atoms with Crippen LogP contribution in [0, 0.1) is 0 Å². The van der Waals surface area contributed by atoms with Gasteiger partial charge in [-0.2, -0.15) is 0 Å². The summed E-state index contributed by atoms with van der Waals surface area (Å²) < 4.78 is 0. The van der Waals surface area contributed by atoms with E-state index in [-0.39, 0.29) is 5.60 Å². The highest BCUT2D eigenvalue weighted by Gasteiger charge is 2.33. The normalized spacial score (nSPS) is 27.6. The summed E-state index contributed by atoms with van der Waals surface area (Å²) >= 11 is 0. The summed E-state index contributed by atoms with van der Waals surface area (Å²) in [6.45, 7) is 3.04. The van der Waals surface area contributed by atoms with E-state index in [0.717, 1.165) is 32.5 Å². The van der Waals surface area contributed by atoms with E-state index in [0.29, 0.717) is 6.04 Å². The smallest absolute Gasteiger partial charge is 0.0774 e. The van der Waals surface area contributed by atoms with Crippen LogP contribution < -0.4 is 5.32 Å². The zero-order valence-electron chi connectivity index (χ0n) is 9.13. The number of nitrogens with zero attached hydrogens (tertiary/aromatic N) is 1. The first-order chi connectivity index (χ1) is 6.70. The van der Waals surface area contributed by atoms with E-state index in [9.17, 15) is 5.11 Å². The second-order valence-corrected chi connectivity index (χ2v) is 5.01. The molecule has 0 bridgehead atoms. The lowest BCUT2D eigenvalue weighted by molar-refractivity contribution is -0.0337. The predicted octanol–water partition coefficient (Wildman–Crippen LogP) is 0.585. The average Bonchev–Trinajstić information content (AvgIpc) is 2.00. The molecular formula is C11H22N2O. The first kappa shape index (κ1) is 10.4. The van der Waals surface area contributed by atoms with Crippen molar-refractivity contribution in [2.24, 2.45) is 0 Å². The second kappa shape index (κ2) is 4.17. The molecule has 1 saturated carbocycles. The molecule has 3 nitrogen and oxygen atoms in total. The molecule has 0 spiro atoms. The molecule has 14 heavy (non-hydrogen) atoms. The van der Waals surface area contributed by atoms with Crippen molar-refractivity contribution in [1.82, 2.24) is 10.2 Å². The molecule has 2 rings (SSSR count). The third kappa shape index (κ3) is 2.27. The van der Waals surface area contributed by atoms with Gasteiger partial charge in [0.1, 0.15) is 0 Å². The van der Waals surface area contributed by atoms with Gasteiger partial charge in [0.05, 0.1) is 5.60 Å². The summed E-state index contributed by atoms with van der Waals surface area (Å²) in [6.07, 6.45) is 5.70. The summed E-state index contributed by atoms with van der Waals surface area (Å²) in [5.74, 6) is 0. The van der Waals surface area contributed by atoms with Gasteiger partial charge >= 0.3 is 0 Å².